The number of hydrogen-bond donors (Lipinski definition) is 2. The predicted molar refractivity (Wildman–Crippen MR) is 41.7 cm³/mol. The van der Waals surface area contributed by atoms with Gasteiger partial charge in [0, 0.05) is 13.1 Å². The van der Waals surface area contributed by atoms with E-state index in [2.05, 4.69) is 5.32 Å². The molecule has 5 heteroatoms. The first kappa shape index (κ1) is 8.99. The van der Waals surface area contributed by atoms with Crippen LogP contribution in [0.5, 0.6) is 0 Å². The van der Waals surface area contributed by atoms with Crippen LogP contribution in [-0.4, -0.2) is 47.6 Å². The SMILES string of the molecule is CCN1CCNC(=O)C1C(=O)O. The van der Waals surface area contributed by atoms with Gasteiger partial charge in [0.05, 0.1) is 0 Å². The van der Waals surface area contributed by atoms with Crippen molar-refractivity contribution in [3.05, 3.63) is 0 Å². The number of amides is 1. The van der Waals surface area contributed by atoms with Gasteiger partial charge in [0.2, 0.25) is 5.91 Å². The Balaban J connectivity index is 2.72. The fourth-order valence-corrected chi connectivity index (χ4v) is 1.32. The van der Waals surface area contributed by atoms with Gasteiger partial charge in [-0.3, -0.25) is 9.69 Å². The number of hydrogen-bond acceptors (Lipinski definition) is 3. The highest BCUT2D eigenvalue weighted by Crippen LogP contribution is 2.03. The second-order valence-electron chi connectivity index (χ2n) is 2.66. The van der Waals surface area contributed by atoms with E-state index < -0.39 is 17.9 Å². The number of piperazine rings is 1. The molecule has 1 amide bonds. The van der Waals surface area contributed by atoms with Gasteiger partial charge in [-0.1, -0.05) is 6.92 Å². The van der Waals surface area contributed by atoms with Gasteiger partial charge >= 0.3 is 5.97 Å². The fraction of sp³-hybridized carbons (Fsp3) is 0.714. The normalized spacial score (nSPS) is 25.1. The lowest BCUT2D eigenvalue weighted by molar-refractivity contribution is -0.150. The van der Waals surface area contributed by atoms with Gasteiger partial charge in [-0.2, -0.15) is 0 Å². The van der Waals surface area contributed by atoms with Crippen LogP contribution in [0, 0.1) is 0 Å². The zero-order valence-corrected chi connectivity index (χ0v) is 6.91. The summed E-state index contributed by atoms with van der Waals surface area (Å²) in [5.74, 6) is -1.48. The Morgan fingerprint density at radius 2 is 2.50 bits per heavy atom. The number of likely N-dealkylation sites (N-methyl/N-ethyl adjacent to an activating group) is 1. The standard InChI is InChI=1S/C7H12N2O3/c1-2-9-4-3-8-6(10)5(9)7(11)12/h5H,2-4H2,1H3,(H,8,10)(H,11,12). The highest BCUT2D eigenvalue weighted by Gasteiger charge is 2.34. The van der Waals surface area contributed by atoms with Gasteiger partial charge in [0.15, 0.2) is 6.04 Å². The minimum Gasteiger partial charge on any atom is -0.480 e. The first-order valence-electron chi connectivity index (χ1n) is 3.91. The summed E-state index contributed by atoms with van der Waals surface area (Å²) in [6.07, 6.45) is 0. The van der Waals surface area contributed by atoms with Gasteiger partial charge in [-0.15, -0.1) is 0 Å². The molecule has 2 N–H and O–H groups in total. The van der Waals surface area contributed by atoms with E-state index in [1.54, 1.807) is 4.90 Å². The summed E-state index contributed by atoms with van der Waals surface area (Å²) in [7, 11) is 0. The molecule has 0 radical (unpaired) electrons. The van der Waals surface area contributed by atoms with Crippen molar-refractivity contribution >= 4 is 11.9 Å². The van der Waals surface area contributed by atoms with Crippen molar-refractivity contribution < 1.29 is 14.7 Å². The third-order valence-electron chi connectivity index (χ3n) is 1.95. The van der Waals surface area contributed by atoms with E-state index in [-0.39, 0.29) is 0 Å². The molecular weight excluding hydrogens is 160 g/mol. The average molecular weight is 172 g/mol. The summed E-state index contributed by atoms with van der Waals surface area (Å²) in [6.45, 7) is 3.58. The monoisotopic (exact) mass is 172 g/mol. The molecule has 1 rings (SSSR count). The van der Waals surface area contributed by atoms with E-state index in [9.17, 15) is 9.59 Å². The third-order valence-corrected chi connectivity index (χ3v) is 1.95. The van der Waals surface area contributed by atoms with Crippen molar-refractivity contribution in [3.8, 4) is 0 Å². The van der Waals surface area contributed by atoms with Crippen LogP contribution in [0.2, 0.25) is 0 Å². The molecule has 1 aliphatic rings. The first-order valence-corrected chi connectivity index (χ1v) is 3.91. The van der Waals surface area contributed by atoms with E-state index >= 15 is 0 Å². The molecule has 1 saturated heterocycles. The summed E-state index contributed by atoms with van der Waals surface area (Å²) in [4.78, 5) is 23.3. The van der Waals surface area contributed by atoms with Crippen LogP contribution in [0.1, 0.15) is 6.92 Å². The van der Waals surface area contributed by atoms with Crippen molar-refractivity contribution in [2.45, 2.75) is 13.0 Å². The maximum atomic E-state index is 11.1. The van der Waals surface area contributed by atoms with Crippen molar-refractivity contribution in [2.24, 2.45) is 0 Å². The maximum absolute atomic E-state index is 11.1. The molecule has 0 spiro atoms. The summed E-state index contributed by atoms with van der Waals surface area (Å²) >= 11 is 0. The zero-order chi connectivity index (χ0) is 9.14. The number of nitrogens with one attached hydrogen (secondary N) is 1. The van der Waals surface area contributed by atoms with Crippen LogP contribution in [0.4, 0.5) is 0 Å². The second-order valence-corrected chi connectivity index (χ2v) is 2.66. The van der Waals surface area contributed by atoms with Gasteiger partial charge in [0.1, 0.15) is 0 Å². The van der Waals surface area contributed by atoms with Crippen molar-refractivity contribution in [2.75, 3.05) is 19.6 Å². The molecule has 0 saturated carbocycles. The smallest absolute Gasteiger partial charge is 0.330 e. The molecule has 0 bridgehead atoms. The molecule has 1 aliphatic heterocycles. The Hall–Kier alpha value is -1.10. The number of nitrogens with zero attached hydrogens (tertiary/aromatic N) is 1. The molecule has 68 valence electrons. The summed E-state index contributed by atoms with van der Waals surface area (Å²) in [5.41, 5.74) is 0. The summed E-state index contributed by atoms with van der Waals surface area (Å²) < 4.78 is 0. The summed E-state index contributed by atoms with van der Waals surface area (Å²) in [5, 5.41) is 11.2. The Morgan fingerprint density at radius 1 is 1.83 bits per heavy atom. The number of carboxylic acid groups (broad SMARTS) is 1. The van der Waals surface area contributed by atoms with Crippen LogP contribution in [0.3, 0.4) is 0 Å². The molecule has 12 heavy (non-hydrogen) atoms. The molecule has 5 nitrogen and oxygen atoms in total. The molecule has 0 aromatic heterocycles. The lowest BCUT2D eigenvalue weighted by Gasteiger charge is -2.30. The van der Waals surface area contributed by atoms with E-state index in [1.807, 2.05) is 6.92 Å². The number of aliphatic carboxylic acids is 1. The van der Waals surface area contributed by atoms with Crippen LogP contribution < -0.4 is 5.32 Å². The van der Waals surface area contributed by atoms with E-state index in [0.29, 0.717) is 19.6 Å². The molecular formula is C7H12N2O3. The van der Waals surface area contributed by atoms with Gasteiger partial charge in [0.25, 0.3) is 0 Å². The number of carboxylic acids is 1. The topological polar surface area (TPSA) is 69.6 Å². The lowest BCUT2D eigenvalue weighted by Crippen LogP contribution is -2.58. The Bertz CT molecular complexity index is 205. The minimum absolute atomic E-state index is 0.407. The fourth-order valence-electron chi connectivity index (χ4n) is 1.32. The first-order chi connectivity index (χ1) is 5.66. The molecule has 0 aromatic carbocycles. The highest BCUT2D eigenvalue weighted by atomic mass is 16.4. The van der Waals surface area contributed by atoms with Crippen molar-refractivity contribution in [3.63, 3.8) is 0 Å². The maximum Gasteiger partial charge on any atom is 0.330 e. The molecule has 1 unspecified atom stereocenters. The predicted octanol–water partition coefficient (Wildman–Crippen LogP) is -1.11. The number of carbonyl (C=O) groups is 2. The van der Waals surface area contributed by atoms with Crippen molar-refractivity contribution in [1.82, 2.24) is 10.2 Å². The minimum atomic E-state index is -1.07. The molecule has 1 heterocycles. The Kier molecular flexibility index (Phi) is 2.65. The third kappa shape index (κ3) is 1.55. The quantitative estimate of drug-likeness (QED) is 0.518. The Morgan fingerprint density at radius 3 is 2.92 bits per heavy atom. The van der Waals surface area contributed by atoms with Gasteiger partial charge in [-0.25, -0.2) is 4.79 Å². The molecule has 1 atom stereocenters. The zero-order valence-electron chi connectivity index (χ0n) is 6.91. The van der Waals surface area contributed by atoms with Gasteiger partial charge in [-0.05, 0) is 6.54 Å². The lowest BCUT2D eigenvalue weighted by atomic mass is 10.2. The summed E-state index contributed by atoms with van der Waals surface area (Å²) in [6, 6.07) is -0.997. The van der Waals surface area contributed by atoms with E-state index in [0.717, 1.165) is 0 Å². The van der Waals surface area contributed by atoms with Crippen molar-refractivity contribution in [1.29, 1.82) is 0 Å². The number of rotatable bonds is 2. The van der Waals surface area contributed by atoms with Crippen LogP contribution in [-0.2, 0) is 9.59 Å². The van der Waals surface area contributed by atoms with Crippen LogP contribution >= 0.6 is 0 Å². The largest absolute Gasteiger partial charge is 0.480 e. The van der Waals surface area contributed by atoms with E-state index in [4.69, 9.17) is 5.11 Å². The van der Waals surface area contributed by atoms with Crippen LogP contribution in [0.15, 0.2) is 0 Å². The van der Waals surface area contributed by atoms with Crippen LogP contribution in [0.25, 0.3) is 0 Å². The molecule has 0 aliphatic carbocycles. The van der Waals surface area contributed by atoms with E-state index in [1.165, 1.54) is 0 Å². The number of carbonyl (C=O) groups excluding carboxylic acids is 1. The highest BCUT2D eigenvalue weighted by molar-refractivity contribution is 6.01. The second kappa shape index (κ2) is 3.53. The molecule has 1 fully saturated rings. The molecule has 0 aromatic rings. The average Bonchev–Trinajstić information content (AvgIpc) is 2.03. The Labute approximate surface area is 70.4 Å². The van der Waals surface area contributed by atoms with Gasteiger partial charge < -0.3 is 10.4 Å².